The Morgan fingerprint density at radius 1 is 1.26 bits per heavy atom. The number of nitrogens with zero attached hydrogens (tertiary/aromatic N) is 2. The third-order valence-electron chi connectivity index (χ3n) is 3.75. The maximum Gasteiger partial charge on any atom is 0.324 e. The van der Waals surface area contributed by atoms with Gasteiger partial charge in [0.05, 0.1) is 6.04 Å². The first-order valence-electron chi connectivity index (χ1n) is 8.15. The third-order valence-corrected chi connectivity index (χ3v) is 3.75. The van der Waals surface area contributed by atoms with Crippen molar-refractivity contribution in [2.45, 2.75) is 38.2 Å². The zero-order chi connectivity index (χ0) is 20.0. The van der Waals surface area contributed by atoms with Crippen LogP contribution >= 0.6 is 0 Å². The van der Waals surface area contributed by atoms with Crippen molar-refractivity contribution >= 4 is 17.6 Å². The number of carbonyl (C=O) groups excluding carboxylic acids is 3. The lowest BCUT2D eigenvalue weighted by molar-refractivity contribution is -0.143. The molecule has 2 rings (SSSR count). The topological polar surface area (TPSA) is 128 Å². The number of amides is 2. The second-order valence-corrected chi connectivity index (χ2v) is 5.75. The molecule has 2 aromatic rings. The molecule has 1 aromatic heterocycles. The number of aromatic nitrogens is 2. The van der Waals surface area contributed by atoms with Crippen LogP contribution in [-0.2, 0) is 9.59 Å². The maximum atomic E-state index is 13.2. The van der Waals surface area contributed by atoms with Crippen molar-refractivity contribution in [3.05, 3.63) is 36.2 Å². The van der Waals surface area contributed by atoms with E-state index in [1.54, 1.807) is 37.3 Å². The molecule has 0 bridgehead atoms. The molecule has 0 spiro atoms. The lowest BCUT2D eigenvalue weighted by Gasteiger charge is -2.15. The highest BCUT2D eigenvalue weighted by Crippen LogP contribution is 2.20. The van der Waals surface area contributed by atoms with E-state index in [9.17, 15) is 23.2 Å². The summed E-state index contributed by atoms with van der Waals surface area (Å²) in [4.78, 5) is 38.9. The standard InChI is InChI=1S/C17H18F2N4O4/c1-2-11(21-12(24)8-9-17(18,19)16(20)26)13(25)14-22-15(27-23-14)10-6-4-3-5-7-10/h3-7,11H,2,8-9H2,1H3,(H2,20,26)(H,21,24)/t11-/m0/s1. The average molecular weight is 380 g/mol. The number of hydrogen-bond donors (Lipinski definition) is 2. The summed E-state index contributed by atoms with van der Waals surface area (Å²) in [5.41, 5.74) is 5.18. The van der Waals surface area contributed by atoms with Crippen LogP contribution in [0, 0.1) is 0 Å². The zero-order valence-corrected chi connectivity index (χ0v) is 14.4. The van der Waals surface area contributed by atoms with Crippen LogP contribution in [0.25, 0.3) is 11.5 Å². The van der Waals surface area contributed by atoms with Gasteiger partial charge in [-0.25, -0.2) is 0 Å². The number of ketones is 1. The molecule has 8 nitrogen and oxygen atoms in total. The molecule has 2 amide bonds. The van der Waals surface area contributed by atoms with E-state index in [1.807, 2.05) is 0 Å². The largest absolute Gasteiger partial charge is 0.364 e. The number of alkyl halides is 2. The van der Waals surface area contributed by atoms with Crippen LogP contribution in [0.15, 0.2) is 34.9 Å². The van der Waals surface area contributed by atoms with Crippen molar-refractivity contribution in [3.8, 4) is 11.5 Å². The highest BCUT2D eigenvalue weighted by Gasteiger charge is 2.37. The number of primary amides is 1. The van der Waals surface area contributed by atoms with Gasteiger partial charge in [0.2, 0.25) is 17.5 Å². The second-order valence-electron chi connectivity index (χ2n) is 5.75. The molecule has 0 saturated heterocycles. The fourth-order valence-electron chi connectivity index (χ4n) is 2.19. The average Bonchev–Trinajstić information content (AvgIpc) is 3.14. The van der Waals surface area contributed by atoms with Crippen molar-refractivity contribution in [2.75, 3.05) is 0 Å². The van der Waals surface area contributed by atoms with E-state index < -0.39 is 42.4 Å². The highest BCUT2D eigenvalue weighted by molar-refractivity contribution is 5.99. The molecular weight excluding hydrogens is 362 g/mol. The Morgan fingerprint density at radius 2 is 1.93 bits per heavy atom. The summed E-state index contributed by atoms with van der Waals surface area (Å²) in [6.45, 7) is 1.62. The monoisotopic (exact) mass is 380 g/mol. The SMILES string of the molecule is CC[C@H](NC(=O)CCC(F)(F)C(N)=O)C(=O)c1noc(-c2ccccc2)n1. The normalized spacial score (nSPS) is 12.4. The fourth-order valence-corrected chi connectivity index (χ4v) is 2.19. The highest BCUT2D eigenvalue weighted by atomic mass is 19.3. The Morgan fingerprint density at radius 3 is 2.52 bits per heavy atom. The Kier molecular flexibility index (Phi) is 6.32. The van der Waals surface area contributed by atoms with Crippen molar-refractivity contribution in [1.82, 2.24) is 15.5 Å². The minimum absolute atomic E-state index is 0.140. The van der Waals surface area contributed by atoms with Gasteiger partial charge < -0.3 is 15.6 Å². The Hall–Kier alpha value is -3.17. The van der Waals surface area contributed by atoms with E-state index in [1.165, 1.54) is 0 Å². The van der Waals surface area contributed by atoms with Gasteiger partial charge in [0.1, 0.15) is 0 Å². The number of hydrogen-bond acceptors (Lipinski definition) is 6. The summed E-state index contributed by atoms with van der Waals surface area (Å²) >= 11 is 0. The Balaban J connectivity index is 2.01. The fraction of sp³-hybridized carbons (Fsp3) is 0.353. The zero-order valence-electron chi connectivity index (χ0n) is 14.4. The summed E-state index contributed by atoms with van der Waals surface area (Å²) in [5, 5.41) is 5.94. The molecule has 0 radical (unpaired) electrons. The van der Waals surface area contributed by atoms with Crippen molar-refractivity contribution in [3.63, 3.8) is 0 Å². The van der Waals surface area contributed by atoms with Crippen LogP contribution in [0.1, 0.15) is 36.8 Å². The van der Waals surface area contributed by atoms with Crippen molar-refractivity contribution in [2.24, 2.45) is 5.73 Å². The molecular formula is C17H18F2N4O4. The van der Waals surface area contributed by atoms with E-state index in [2.05, 4.69) is 21.2 Å². The predicted octanol–water partition coefficient (Wildman–Crippen LogP) is 1.71. The van der Waals surface area contributed by atoms with Gasteiger partial charge in [0.25, 0.3) is 11.8 Å². The van der Waals surface area contributed by atoms with Crippen molar-refractivity contribution in [1.29, 1.82) is 0 Å². The number of nitrogens with two attached hydrogens (primary N) is 1. The van der Waals surface area contributed by atoms with E-state index in [4.69, 9.17) is 4.52 Å². The molecule has 0 aliphatic heterocycles. The van der Waals surface area contributed by atoms with Crippen LogP contribution in [-0.4, -0.2) is 39.7 Å². The molecule has 0 unspecified atom stereocenters. The minimum atomic E-state index is -3.79. The maximum absolute atomic E-state index is 13.2. The molecule has 0 saturated carbocycles. The van der Waals surface area contributed by atoms with Gasteiger partial charge in [-0.3, -0.25) is 14.4 Å². The summed E-state index contributed by atoms with van der Waals surface area (Å²) < 4.78 is 31.4. The van der Waals surface area contributed by atoms with Crippen LogP contribution < -0.4 is 11.1 Å². The quantitative estimate of drug-likeness (QED) is 0.638. The summed E-state index contributed by atoms with van der Waals surface area (Å²) in [5.74, 6) is -7.12. The minimum Gasteiger partial charge on any atom is -0.364 e. The predicted molar refractivity (Wildman–Crippen MR) is 89.7 cm³/mol. The van der Waals surface area contributed by atoms with Crippen LogP contribution in [0.5, 0.6) is 0 Å². The van der Waals surface area contributed by atoms with E-state index in [-0.39, 0.29) is 18.1 Å². The lowest BCUT2D eigenvalue weighted by Crippen LogP contribution is -2.42. The Bertz CT molecular complexity index is 823. The molecule has 0 aliphatic carbocycles. The third kappa shape index (κ3) is 5.16. The van der Waals surface area contributed by atoms with Gasteiger partial charge in [-0.2, -0.15) is 13.8 Å². The first-order chi connectivity index (χ1) is 12.7. The van der Waals surface area contributed by atoms with Gasteiger partial charge >= 0.3 is 5.92 Å². The molecule has 1 atom stereocenters. The molecule has 10 heteroatoms. The van der Waals surface area contributed by atoms with E-state index in [0.717, 1.165) is 0 Å². The second kappa shape index (κ2) is 8.47. The van der Waals surface area contributed by atoms with Gasteiger partial charge in [-0.1, -0.05) is 30.3 Å². The molecule has 1 aromatic carbocycles. The first kappa shape index (κ1) is 20.1. The van der Waals surface area contributed by atoms with Crippen LogP contribution in [0.2, 0.25) is 0 Å². The number of carbonyl (C=O) groups is 3. The molecule has 3 N–H and O–H groups in total. The van der Waals surface area contributed by atoms with Crippen molar-refractivity contribution < 1.29 is 27.7 Å². The van der Waals surface area contributed by atoms with Crippen LogP contribution in [0.4, 0.5) is 8.78 Å². The molecule has 27 heavy (non-hydrogen) atoms. The first-order valence-corrected chi connectivity index (χ1v) is 8.15. The van der Waals surface area contributed by atoms with Crippen LogP contribution in [0.3, 0.4) is 0 Å². The van der Waals surface area contributed by atoms with E-state index in [0.29, 0.717) is 5.56 Å². The number of nitrogens with one attached hydrogen (secondary N) is 1. The molecule has 0 aliphatic rings. The number of rotatable bonds is 9. The van der Waals surface area contributed by atoms with Gasteiger partial charge in [0, 0.05) is 18.4 Å². The smallest absolute Gasteiger partial charge is 0.324 e. The number of halogens is 2. The van der Waals surface area contributed by atoms with Gasteiger partial charge in [-0.15, -0.1) is 0 Å². The number of benzene rings is 1. The lowest BCUT2D eigenvalue weighted by atomic mass is 10.1. The van der Waals surface area contributed by atoms with E-state index >= 15 is 0 Å². The molecule has 1 heterocycles. The Labute approximate surface area is 153 Å². The molecule has 0 fully saturated rings. The summed E-state index contributed by atoms with van der Waals surface area (Å²) in [6, 6.07) is 7.76. The number of Topliss-reactive ketones (excluding diaryl/α,β-unsaturated/α-hetero) is 1. The summed E-state index contributed by atoms with van der Waals surface area (Å²) in [6.07, 6.45) is -1.52. The van der Waals surface area contributed by atoms with Gasteiger partial charge in [0.15, 0.2) is 0 Å². The summed E-state index contributed by atoms with van der Waals surface area (Å²) in [7, 11) is 0. The van der Waals surface area contributed by atoms with Gasteiger partial charge in [-0.05, 0) is 18.6 Å². The molecule has 144 valence electrons.